The lowest BCUT2D eigenvalue weighted by Gasteiger charge is -2.04. The van der Waals surface area contributed by atoms with E-state index in [9.17, 15) is 9.59 Å². The minimum atomic E-state index is -0.535. The largest absolute Gasteiger partial charge is 0.365 e. The van der Waals surface area contributed by atoms with Gasteiger partial charge in [-0.2, -0.15) is 0 Å². The Morgan fingerprint density at radius 1 is 1.26 bits per heavy atom. The molecule has 0 aliphatic carbocycles. The van der Waals surface area contributed by atoms with Crippen LogP contribution in [0, 0.1) is 13.8 Å². The van der Waals surface area contributed by atoms with Crippen LogP contribution in [0.15, 0.2) is 24.5 Å². The summed E-state index contributed by atoms with van der Waals surface area (Å²) in [5.74, 6) is -0.821. The number of hydrogen-bond donors (Lipinski definition) is 2. The Kier molecular flexibility index (Phi) is 3.62. The summed E-state index contributed by atoms with van der Waals surface area (Å²) in [5, 5.41) is 3.21. The second kappa shape index (κ2) is 5.19. The van der Waals surface area contributed by atoms with Gasteiger partial charge in [-0.05, 0) is 31.5 Å². The SMILES string of the molecule is Cc1sc(NC(=O)c2ccncc2)c(C(N)=O)c1C. The van der Waals surface area contributed by atoms with E-state index in [0.29, 0.717) is 16.1 Å². The van der Waals surface area contributed by atoms with Crippen LogP contribution in [-0.2, 0) is 0 Å². The predicted molar refractivity (Wildman–Crippen MR) is 74.5 cm³/mol. The maximum Gasteiger partial charge on any atom is 0.256 e. The van der Waals surface area contributed by atoms with Gasteiger partial charge in [-0.15, -0.1) is 11.3 Å². The topological polar surface area (TPSA) is 85.1 Å². The molecular formula is C13H13N3O2S. The molecule has 98 valence electrons. The van der Waals surface area contributed by atoms with E-state index in [1.807, 2.05) is 13.8 Å². The first-order valence-electron chi connectivity index (χ1n) is 5.62. The zero-order valence-electron chi connectivity index (χ0n) is 10.6. The van der Waals surface area contributed by atoms with Crippen molar-refractivity contribution in [2.75, 3.05) is 5.32 Å². The second-order valence-electron chi connectivity index (χ2n) is 4.04. The number of carbonyl (C=O) groups excluding carboxylic acids is 2. The quantitative estimate of drug-likeness (QED) is 0.899. The van der Waals surface area contributed by atoms with E-state index in [1.165, 1.54) is 23.7 Å². The van der Waals surface area contributed by atoms with Crippen molar-refractivity contribution in [1.29, 1.82) is 0 Å². The highest BCUT2D eigenvalue weighted by molar-refractivity contribution is 7.16. The molecule has 0 spiro atoms. The van der Waals surface area contributed by atoms with Gasteiger partial charge in [0.15, 0.2) is 0 Å². The number of primary amides is 1. The number of carbonyl (C=O) groups is 2. The summed E-state index contributed by atoms with van der Waals surface area (Å²) in [6.45, 7) is 3.70. The molecular weight excluding hydrogens is 262 g/mol. The lowest BCUT2D eigenvalue weighted by atomic mass is 10.1. The van der Waals surface area contributed by atoms with Crippen LogP contribution in [0.2, 0.25) is 0 Å². The molecule has 0 aliphatic heterocycles. The van der Waals surface area contributed by atoms with Gasteiger partial charge in [0.2, 0.25) is 0 Å². The van der Waals surface area contributed by atoms with Crippen LogP contribution in [0.25, 0.3) is 0 Å². The van der Waals surface area contributed by atoms with Gasteiger partial charge in [0.1, 0.15) is 5.00 Å². The smallest absolute Gasteiger partial charge is 0.256 e. The van der Waals surface area contributed by atoms with Gasteiger partial charge in [0.05, 0.1) is 5.56 Å². The molecule has 2 aromatic rings. The minimum Gasteiger partial charge on any atom is -0.365 e. The standard InChI is InChI=1S/C13H13N3O2S/c1-7-8(2)19-13(10(7)11(14)17)16-12(18)9-3-5-15-6-4-9/h3-6H,1-2H3,(H2,14,17)(H,16,18). The molecule has 0 radical (unpaired) electrons. The zero-order chi connectivity index (χ0) is 14.0. The minimum absolute atomic E-state index is 0.286. The Morgan fingerprint density at radius 3 is 2.47 bits per heavy atom. The normalized spacial score (nSPS) is 10.2. The van der Waals surface area contributed by atoms with Crippen LogP contribution < -0.4 is 11.1 Å². The number of hydrogen-bond acceptors (Lipinski definition) is 4. The summed E-state index contributed by atoms with van der Waals surface area (Å²) < 4.78 is 0. The number of aromatic nitrogens is 1. The molecule has 2 amide bonds. The van der Waals surface area contributed by atoms with Crippen molar-refractivity contribution in [2.24, 2.45) is 5.73 Å². The third-order valence-corrected chi connectivity index (χ3v) is 3.92. The Balaban J connectivity index is 2.32. The Bertz CT molecular complexity index is 635. The van der Waals surface area contributed by atoms with Crippen molar-refractivity contribution in [2.45, 2.75) is 13.8 Å². The lowest BCUT2D eigenvalue weighted by Crippen LogP contribution is -2.17. The van der Waals surface area contributed by atoms with Crippen molar-refractivity contribution in [3.63, 3.8) is 0 Å². The van der Waals surface area contributed by atoms with Crippen LogP contribution in [0.5, 0.6) is 0 Å². The van der Waals surface area contributed by atoms with Crippen LogP contribution in [0.1, 0.15) is 31.2 Å². The van der Waals surface area contributed by atoms with E-state index in [4.69, 9.17) is 5.73 Å². The first-order chi connectivity index (χ1) is 9.00. The van der Waals surface area contributed by atoms with E-state index in [0.717, 1.165) is 10.4 Å². The maximum atomic E-state index is 12.0. The van der Waals surface area contributed by atoms with Crippen LogP contribution in [0.4, 0.5) is 5.00 Å². The Morgan fingerprint density at radius 2 is 1.89 bits per heavy atom. The Hall–Kier alpha value is -2.21. The number of nitrogens with zero attached hydrogens (tertiary/aromatic N) is 1. The van der Waals surface area contributed by atoms with Crippen molar-refractivity contribution in [3.05, 3.63) is 46.1 Å². The molecule has 0 aliphatic rings. The first-order valence-corrected chi connectivity index (χ1v) is 6.43. The number of nitrogens with two attached hydrogens (primary N) is 1. The number of amides is 2. The molecule has 2 aromatic heterocycles. The summed E-state index contributed by atoms with van der Waals surface area (Å²) >= 11 is 1.34. The fourth-order valence-electron chi connectivity index (χ4n) is 1.69. The number of aryl methyl sites for hydroxylation is 1. The molecule has 5 nitrogen and oxygen atoms in total. The summed E-state index contributed by atoms with van der Waals surface area (Å²) in [7, 11) is 0. The molecule has 2 rings (SSSR count). The number of nitrogens with one attached hydrogen (secondary N) is 1. The van der Waals surface area contributed by atoms with E-state index < -0.39 is 5.91 Å². The average molecular weight is 275 g/mol. The van der Waals surface area contributed by atoms with Gasteiger partial charge in [-0.3, -0.25) is 14.6 Å². The van der Waals surface area contributed by atoms with Gasteiger partial charge in [0.25, 0.3) is 11.8 Å². The van der Waals surface area contributed by atoms with Gasteiger partial charge < -0.3 is 11.1 Å². The van der Waals surface area contributed by atoms with Gasteiger partial charge in [0, 0.05) is 22.8 Å². The lowest BCUT2D eigenvalue weighted by molar-refractivity contribution is 0.100. The average Bonchev–Trinajstić information content (AvgIpc) is 2.65. The maximum absolute atomic E-state index is 12.0. The molecule has 0 fully saturated rings. The van der Waals surface area contributed by atoms with Gasteiger partial charge >= 0.3 is 0 Å². The third-order valence-electron chi connectivity index (χ3n) is 2.80. The number of anilines is 1. The van der Waals surface area contributed by atoms with Crippen molar-refractivity contribution in [3.8, 4) is 0 Å². The molecule has 2 heterocycles. The molecule has 0 aromatic carbocycles. The zero-order valence-corrected chi connectivity index (χ0v) is 11.4. The van der Waals surface area contributed by atoms with Gasteiger partial charge in [-0.25, -0.2) is 0 Å². The molecule has 0 unspecified atom stereocenters. The molecule has 0 saturated heterocycles. The highest BCUT2D eigenvalue weighted by atomic mass is 32.1. The van der Waals surface area contributed by atoms with Crippen molar-refractivity contribution < 1.29 is 9.59 Å². The summed E-state index contributed by atoms with van der Waals surface area (Å²) in [4.78, 5) is 28.3. The molecule has 0 saturated carbocycles. The number of pyridine rings is 1. The van der Waals surface area contributed by atoms with E-state index in [1.54, 1.807) is 12.1 Å². The first kappa shape index (κ1) is 13.2. The summed E-state index contributed by atoms with van der Waals surface area (Å²) in [5.41, 5.74) is 7.02. The summed E-state index contributed by atoms with van der Waals surface area (Å²) in [6, 6.07) is 3.21. The molecule has 6 heteroatoms. The molecule has 0 bridgehead atoms. The van der Waals surface area contributed by atoms with Crippen molar-refractivity contribution >= 4 is 28.2 Å². The van der Waals surface area contributed by atoms with E-state index >= 15 is 0 Å². The van der Waals surface area contributed by atoms with Crippen LogP contribution in [-0.4, -0.2) is 16.8 Å². The second-order valence-corrected chi connectivity index (χ2v) is 5.27. The highest BCUT2D eigenvalue weighted by Gasteiger charge is 2.19. The fourth-order valence-corrected chi connectivity index (χ4v) is 2.75. The monoisotopic (exact) mass is 275 g/mol. The predicted octanol–water partition coefficient (Wildman–Crippen LogP) is 2.11. The number of thiophene rings is 1. The molecule has 0 atom stereocenters. The van der Waals surface area contributed by atoms with Crippen molar-refractivity contribution in [1.82, 2.24) is 4.98 Å². The van der Waals surface area contributed by atoms with Gasteiger partial charge in [-0.1, -0.05) is 0 Å². The van der Waals surface area contributed by atoms with E-state index in [-0.39, 0.29) is 5.91 Å². The third kappa shape index (κ3) is 2.63. The summed E-state index contributed by atoms with van der Waals surface area (Å²) in [6.07, 6.45) is 3.07. The van der Waals surface area contributed by atoms with E-state index in [2.05, 4.69) is 10.3 Å². The fraction of sp³-hybridized carbons (Fsp3) is 0.154. The van der Waals surface area contributed by atoms with Crippen LogP contribution in [0.3, 0.4) is 0 Å². The molecule has 3 N–H and O–H groups in total. The number of rotatable bonds is 3. The molecule has 19 heavy (non-hydrogen) atoms. The highest BCUT2D eigenvalue weighted by Crippen LogP contribution is 2.32. The Labute approximate surface area is 114 Å². The van der Waals surface area contributed by atoms with Crippen LogP contribution >= 0.6 is 11.3 Å².